The Hall–Kier alpha value is -1.60. The van der Waals surface area contributed by atoms with Crippen molar-refractivity contribution in [3.05, 3.63) is 22.3 Å². The second kappa shape index (κ2) is 5.24. The van der Waals surface area contributed by atoms with E-state index in [0.29, 0.717) is 21.3 Å². The average molecular weight is 365 g/mol. The quantitative estimate of drug-likeness (QED) is 0.759. The van der Waals surface area contributed by atoms with Crippen molar-refractivity contribution >= 4 is 32.7 Å². The minimum Gasteiger partial charge on any atom is -0.506 e. The molecular formula is C15H17BrN4O2. The monoisotopic (exact) mass is 364 g/mol. The van der Waals surface area contributed by atoms with E-state index in [1.54, 1.807) is 12.1 Å². The first kappa shape index (κ1) is 14.0. The van der Waals surface area contributed by atoms with Gasteiger partial charge in [-0.2, -0.15) is 5.10 Å². The number of aromatic nitrogens is 2. The van der Waals surface area contributed by atoms with Gasteiger partial charge in [0, 0.05) is 12.6 Å². The summed E-state index contributed by atoms with van der Waals surface area (Å²) in [4.78, 5) is 15.0. The Bertz CT molecular complexity index is 736. The molecule has 1 aromatic carbocycles. The first-order valence-corrected chi connectivity index (χ1v) is 8.31. The third-order valence-electron chi connectivity index (χ3n) is 4.84. The summed E-state index contributed by atoms with van der Waals surface area (Å²) in [5.74, 6) is 0.378. The number of halogens is 1. The molecule has 2 aromatic rings. The number of nitrogens with one attached hydrogen (secondary N) is 2. The molecule has 1 amide bonds. The van der Waals surface area contributed by atoms with Crippen molar-refractivity contribution in [2.45, 2.75) is 18.9 Å². The summed E-state index contributed by atoms with van der Waals surface area (Å²) >= 11 is 3.28. The number of H-pyrrole nitrogens is 1. The van der Waals surface area contributed by atoms with Crippen LogP contribution in [-0.4, -0.2) is 51.8 Å². The molecule has 3 N–H and O–H groups in total. The SMILES string of the molecule is O=C(NC1CN2CCC1CC2)c1n[nH]c2ccc(Br)c(O)c12. The molecule has 0 spiro atoms. The number of phenols is 1. The lowest BCUT2D eigenvalue weighted by atomic mass is 9.84. The zero-order chi connectivity index (χ0) is 15.3. The van der Waals surface area contributed by atoms with Crippen LogP contribution in [0.1, 0.15) is 23.3 Å². The Morgan fingerprint density at radius 2 is 2.18 bits per heavy atom. The number of hydrogen-bond acceptors (Lipinski definition) is 4. The first-order valence-electron chi connectivity index (χ1n) is 7.52. The number of benzene rings is 1. The molecule has 0 radical (unpaired) electrons. The topological polar surface area (TPSA) is 81.2 Å². The lowest BCUT2D eigenvalue weighted by molar-refractivity contribution is 0.0618. The van der Waals surface area contributed by atoms with Crippen LogP contribution in [0.3, 0.4) is 0 Å². The van der Waals surface area contributed by atoms with Crippen LogP contribution in [0.15, 0.2) is 16.6 Å². The smallest absolute Gasteiger partial charge is 0.272 e. The highest BCUT2D eigenvalue weighted by Crippen LogP contribution is 2.34. The zero-order valence-electron chi connectivity index (χ0n) is 12.0. The van der Waals surface area contributed by atoms with E-state index in [0.717, 1.165) is 32.5 Å². The Balaban J connectivity index is 1.62. The minimum atomic E-state index is -0.224. The number of fused-ring (bicyclic) bond motifs is 4. The number of aromatic hydroxyl groups is 1. The van der Waals surface area contributed by atoms with E-state index in [2.05, 4.69) is 36.3 Å². The Morgan fingerprint density at radius 3 is 2.86 bits per heavy atom. The number of nitrogens with zero attached hydrogens (tertiary/aromatic N) is 2. The molecule has 1 atom stereocenters. The summed E-state index contributed by atoms with van der Waals surface area (Å²) in [5.41, 5.74) is 0.907. The first-order chi connectivity index (χ1) is 10.6. The lowest BCUT2D eigenvalue weighted by Gasteiger charge is -2.44. The molecule has 3 saturated heterocycles. The second-order valence-electron chi connectivity index (χ2n) is 6.11. The average Bonchev–Trinajstić information content (AvgIpc) is 2.97. The molecule has 0 aliphatic carbocycles. The van der Waals surface area contributed by atoms with Crippen LogP contribution in [0.2, 0.25) is 0 Å². The van der Waals surface area contributed by atoms with Crippen molar-refractivity contribution in [1.29, 1.82) is 0 Å². The maximum Gasteiger partial charge on any atom is 0.272 e. The van der Waals surface area contributed by atoms with E-state index in [9.17, 15) is 9.90 Å². The molecule has 3 aliphatic heterocycles. The Morgan fingerprint density at radius 1 is 1.41 bits per heavy atom. The van der Waals surface area contributed by atoms with Gasteiger partial charge in [0.05, 0.1) is 15.4 Å². The van der Waals surface area contributed by atoms with E-state index >= 15 is 0 Å². The Labute approximate surface area is 136 Å². The van der Waals surface area contributed by atoms with Gasteiger partial charge in [0.1, 0.15) is 5.75 Å². The van der Waals surface area contributed by atoms with Crippen LogP contribution >= 0.6 is 15.9 Å². The number of rotatable bonds is 2. The summed E-state index contributed by atoms with van der Waals surface area (Å²) in [7, 11) is 0. The van der Waals surface area contributed by atoms with E-state index in [1.165, 1.54) is 0 Å². The largest absolute Gasteiger partial charge is 0.506 e. The lowest BCUT2D eigenvalue weighted by Crippen LogP contribution is -2.57. The van der Waals surface area contributed by atoms with Gasteiger partial charge in [0.2, 0.25) is 0 Å². The molecule has 0 saturated carbocycles. The van der Waals surface area contributed by atoms with Crippen molar-refractivity contribution in [2.75, 3.05) is 19.6 Å². The second-order valence-corrected chi connectivity index (χ2v) is 6.96. The summed E-state index contributed by atoms with van der Waals surface area (Å²) in [6.07, 6.45) is 2.28. The number of amides is 1. The van der Waals surface area contributed by atoms with E-state index in [1.807, 2.05) is 0 Å². The van der Waals surface area contributed by atoms with Gasteiger partial charge in [-0.3, -0.25) is 9.89 Å². The highest BCUT2D eigenvalue weighted by Gasteiger charge is 2.35. The molecule has 3 fully saturated rings. The van der Waals surface area contributed by atoms with Crippen molar-refractivity contribution in [2.24, 2.45) is 5.92 Å². The zero-order valence-corrected chi connectivity index (χ0v) is 13.6. The van der Waals surface area contributed by atoms with Gasteiger partial charge < -0.3 is 15.3 Å². The van der Waals surface area contributed by atoms with Gasteiger partial charge in [-0.1, -0.05) is 0 Å². The highest BCUT2D eigenvalue weighted by atomic mass is 79.9. The molecule has 2 bridgehead atoms. The molecule has 4 heterocycles. The van der Waals surface area contributed by atoms with Crippen LogP contribution in [0.5, 0.6) is 5.75 Å². The molecule has 3 aliphatic rings. The van der Waals surface area contributed by atoms with E-state index in [4.69, 9.17) is 0 Å². The van der Waals surface area contributed by atoms with Gasteiger partial charge >= 0.3 is 0 Å². The van der Waals surface area contributed by atoms with E-state index < -0.39 is 0 Å². The van der Waals surface area contributed by atoms with Crippen molar-refractivity contribution in [3.63, 3.8) is 0 Å². The molecular weight excluding hydrogens is 348 g/mol. The maximum atomic E-state index is 12.6. The summed E-state index contributed by atoms with van der Waals surface area (Å²) < 4.78 is 0.554. The molecule has 7 heteroatoms. The molecule has 1 unspecified atom stereocenters. The van der Waals surface area contributed by atoms with Crippen LogP contribution in [0.25, 0.3) is 10.9 Å². The van der Waals surface area contributed by atoms with E-state index in [-0.39, 0.29) is 23.4 Å². The van der Waals surface area contributed by atoms with Crippen molar-refractivity contribution in [1.82, 2.24) is 20.4 Å². The van der Waals surface area contributed by atoms with Crippen LogP contribution < -0.4 is 5.32 Å². The van der Waals surface area contributed by atoms with Crippen molar-refractivity contribution < 1.29 is 9.90 Å². The summed E-state index contributed by atoms with van der Waals surface area (Å²) in [5, 5.41) is 20.7. The van der Waals surface area contributed by atoms with Crippen LogP contribution in [-0.2, 0) is 0 Å². The predicted molar refractivity (Wildman–Crippen MR) is 85.9 cm³/mol. The maximum absolute atomic E-state index is 12.6. The predicted octanol–water partition coefficient (Wildman–Crippen LogP) is 1.85. The fourth-order valence-electron chi connectivity index (χ4n) is 3.60. The van der Waals surface area contributed by atoms with Gasteiger partial charge in [-0.05, 0) is 59.9 Å². The molecule has 116 valence electrons. The fraction of sp³-hybridized carbons (Fsp3) is 0.467. The Kier molecular flexibility index (Phi) is 3.34. The number of carbonyl (C=O) groups is 1. The molecule has 1 aromatic heterocycles. The highest BCUT2D eigenvalue weighted by molar-refractivity contribution is 9.10. The third kappa shape index (κ3) is 2.19. The molecule has 22 heavy (non-hydrogen) atoms. The van der Waals surface area contributed by atoms with Crippen LogP contribution in [0, 0.1) is 5.92 Å². The molecule has 5 rings (SSSR count). The third-order valence-corrected chi connectivity index (χ3v) is 5.48. The number of aromatic amines is 1. The normalized spacial score (nSPS) is 27.2. The number of hydrogen-bond donors (Lipinski definition) is 3. The number of phenolic OH excluding ortho intramolecular Hbond substituents is 1. The van der Waals surface area contributed by atoms with Gasteiger partial charge in [-0.25, -0.2) is 0 Å². The molecule has 6 nitrogen and oxygen atoms in total. The minimum absolute atomic E-state index is 0.0466. The summed E-state index contributed by atoms with van der Waals surface area (Å²) in [6, 6.07) is 3.69. The number of piperidine rings is 3. The van der Waals surface area contributed by atoms with Crippen LogP contribution in [0.4, 0.5) is 0 Å². The van der Waals surface area contributed by atoms with Gasteiger partial charge in [0.25, 0.3) is 5.91 Å². The van der Waals surface area contributed by atoms with Gasteiger partial charge in [-0.15, -0.1) is 0 Å². The fourth-order valence-corrected chi connectivity index (χ4v) is 3.93. The van der Waals surface area contributed by atoms with Gasteiger partial charge in [0.15, 0.2) is 5.69 Å². The summed E-state index contributed by atoms with van der Waals surface area (Å²) in [6.45, 7) is 3.18. The number of carbonyl (C=O) groups excluding carboxylic acids is 1. The van der Waals surface area contributed by atoms with Crippen molar-refractivity contribution in [3.8, 4) is 5.75 Å². The standard InChI is InChI=1S/C15H17BrN4O2/c16-9-1-2-10-12(14(9)21)13(19-18-10)15(22)17-11-7-20-5-3-8(11)4-6-20/h1-2,8,11,21H,3-7H2,(H,17,22)(H,18,19).